The van der Waals surface area contributed by atoms with E-state index in [-0.39, 0.29) is 30.4 Å². The molecule has 6 nitrogen and oxygen atoms in total. The predicted octanol–water partition coefficient (Wildman–Crippen LogP) is 4.93. The van der Waals surface area contributed by atoms with Gasteiger partial charge < -0.3 is 10.1 Å². The maximum absolute atomic E-state index is 12.8. The highest BCUT2D eigenvalue weighted by atomic mass is 35.5. The van der Waals surface area contributed by atoms with E-state index in [4.69, 9.17) is 16.3 Å². The molecule has 1 aromatic heterocycles. The Labute approximate surface area is 185 Å². The van der Waals surface area contributed by atoms with Crippen LogP contribution in [-0.4, -0.2) is 33.7 Å². The summed E-state index contributed by atoms with van der Waals surface area (Å²) in [6.45, 7) is 0.377. The number of alkyl halides is 4. The lowest BCUT2D eigenvalue weighted by Crippen LogP contribution is -2.31. The first-order valence-corrected chi connectivity index (χ1v) is 9.92. The fourth-order valence-electron chi connectivity index (χ4n) is 2.68. The molecule has 32 heavy (non-hydrogen) atoms. The molecule has 11 heteroatoms. The summed E-state index contributed by atoms with van der Waals surface area (Å²) in [6.07, 6.45) is -6.61. The molecule has 0 saturated heterocycles. The Balaban J connectivity index is 1.85. The van der Waals surface area contributed by atoms with Crippen molar-refractivity contribution >= 4 is 23.2 Å². The average Bonchev–Trinajstić information content (AvgIpc) is 2.73. The third kappa shape index (κ3) is 6.19. The highest BCUT2D eigenvalue weighted by Gasteiger charge is 2.38. The van der Waals surface area contributed by atoms with E-state index in [0.717, 1.165) is 12.5 Å². The van der Waals surface area contributed by atoms with Gasteiger partial charge in [-0.3, -0.25) is 9.18 Å². The minimum atomic E-state index is -4.48. The number of rotatable bonds is 8. The molecular weight excluding hydrogens is 452 g/mol. The van der Waals surface area contributed by atoms with E-state index in [0.29, 0.717) is 10.7 Å². The number of hydrogen-bond acceptors (Lipinski definition) is 5. The maximum atomic E-state index is 12.8. The lowest BCUT2D eigenvalue weighted by atomic mass is 10.2. The number of aryl methyl sites for hydroxylation is 1. The van der Waals surface area contributed by atoms with Crippen LogP contribution in [0.15, 0.2) is 53.3 Å². The van der Waals surface area contributed by atoms with Crippen molar-refractivity contribution in [1.29, 1.82) is 0 Å². The lowest BCUT2D eigenvalue weighted by Gasteiger charge is -2.18. The molecule has 1 N–H and O–H groups in total. The number of nitrogens with one attached hydrogen (secondary N) is 1. The summed E-state index contributed by atoms with van der Waals surface area (Å²) >= 11 is 5.91. The molecule has 1 heterocycles. The van der Waals surface area contributed by atoms with Gasteiger partial charge in [0.1, 0.15) is 11.4 Å². The summed E-state index contributed by atoms with van der Waals surface area (Å²) in [6, 6.07) is 12.6. The number of halogens is 5. The van der Waals surface area contributed by atoms with Gasteiger partial charge in [0.25, 0.3) is 5.56 Å². The van der Waals surface area contributed by atoms with E-state index in [9.17, 15) is 22.4 Å². The fraction of sp³-hybridized carbons (Fsp3) is 0.286. The van der Waals surface area contributed by atoms with E-state index >= 15 is 0 Å². The third-order valence-corrected chi connectivity index (χ3v) is 4.65. The lowest BCUT2D eigenvalue weighted by molar-refractivity contribution is -0.189. The van der Waals surface area contributed by atoms with Crippen LogP contribution in [0.5, 0.6) is 5.75 Å². The number of hydrogen-bond donors (Lipinski definition) is 1. The molecule has 0 saturated carbocycles. The normalized spacial score (nSPS) is 12.4. The minimum absolute atomic E-state index is 0.0168. The highest BCUT2D eigenvalue weighted by molar-refractivity contribution is 6.30. The van der Waals surface area contributed by atoms with Crippen LogP contribution in [0.25, 0.3) is 0 Å². The summed E-state index contributed by atoms with van der Waals surface area (Å²) in [5, 5.41) is 7.69. The Kier molecular flexibility index (Phi) is 7.34. The summed E-state index contributed by atoms with van der Waals surface area (Å²) < 4.78 is 57.0. The molecule has 0 radical (unpaired) electrons. The van der Waals surface area contributed by atoms with Crippen molar-refractivity contribution < 1.29 is 22.3 Å². The van der Waals surface area contributed by atoms with E-state index in [1.807, 2.05) is 0 Å². The zero-order valence-electron chi connectivity index (χ0n) is 16.9. The molecule has 3 rings (SSSR count). The fourth-order valence-corrected chi connectivity index (χ4v) is 2.81. The van der Waals surface area contributed by atoms with Crippen molar-refractivity contribution in [2.75, 3.05) is 12.0 Å². The van der Waals surface area contributed by atoms with E-state index < -0.39 is 24.5 Å². The van der Waals surface area contributed by atoms with Crippen molar-refractivity contribution in [3.63, 3.8) is 0 Å². The molecule has 1 atom stereocenters. The number of nitrogens with zero attached hydrogens (tertiary/aromatic N) is 3. The Morgan fingerprint density at radius 1 is 1.12 bits per heavy atom. The molecule has 0 spiro atoms. The van der Waals surface area contributed by atoms with Crippen molar-refractivity contribution in [1.82, 2.24) is 14.8 Å². The quantitative estimate of drug-likeness (QED) is 0.473. The number of benzene rings is 2. The molecule has 3 aromatic rings. The molecule has 0 fully saturated rings. The Bertz CT molecular complexity index is 1100. The van der Waals surface area contributed by atoms with Crippen molar-refractivity contribution in [3.05, 3.63) is 75.2 Å². The molecule has 170 valence electrons. The summed E-state index contributed by atoms with van der Waals surface area (Å²) in [5.41, 5.74) is 0.564. The Morgan fingerprint density at radius 3 is 2.38 bits per heavy atom. The van der Waals surface area contributed by atoms with Gasteiger partial charge in [-0.1, -0.05) is 23.7 Å². The smallest absolute Gasteiger partial charge is 0.425 e. The van der Waals surface area contributed by atoms with Gasteiger partial charge >= 0.3 is 6.18 Å². The standard InChI is InChI=1S/C21H19ClF4N4O2/c1-13(21(24,25)26)32-17-8-6-16(7-9-17)27-20-28-19(31)18(10-11-23)29-30(20)12-14-2-4-15(22)5-3-14/h2-9,13H,10-12H2,1H3,(H,27,28,31)/t13-/m1/s1. The largest absolute Gasteiger partial charge is 0.481 e. The van der Waals surface area contributed by atoms with Crippen LogP contribution in [-0.2, 0) is 13.0 Å². The maximum Gasteiger partial charge on any atom is 0.425 e. The van der Waals surface area contributed by atoms with Crippen LogP contribution in [0.2, 0.25) is 5.02 Å². The molecular formula is C21H19ClF4N4O2. The number of anilines is 2. The Morgan fingerprint density at radius 2 is 1.78 bits per heavy atom. The highest BCUT2D eigenvalue weighted by Crippen LogP contribution is 2.26. The van der Waals surface area contributed by atoms with Gasteiger partial charge in [0.05, 0.1) is 13.2 Å². The zero-order valence-corrected chi connectivity index (χ0v) is 17.6. The van der Waals surface area contributed by atoms with Gasteiger partial charge in [0.2, 0.25) is 5.95 Å². The molecule has 0 unspecified atom stereocenters. The Hall–Kier alpha value is -3.14. The molecule has 0 aliphatic rings. The minimum Gasteiger partial charge on any atom is -0.481 e. The molecule has 2 aromatic carbocycles. The number of ether oxygens (including phenoxy) is 1. The summed E-state index contributed by atoms with van der Waals surface area (Å²) in [7, 11) is 0. The van der Waals surface area contributed by atoms with E-state index in [1.54, 1.807) is 24.3 Å². The molecule has 0 bridgehead atoms. The van der Waals surface area contributed by atoms with E-state index in [2.05, 4.69) is 15.4 Å². The van der Waals surface area contributed by atoms with Gasteiger partial charge in [-0.05, 0) is 48.9 Å². The topological polar surface area (TPSA) is 69.0 Å². The number of aromatic nitrogens is 3. The monoisotopic (exact) mass is 470 g/mol. The average molecular weight is 471 g/mol. The summed E-state index contributed by atoms with van der Waals surface area (Å²) in [5.74, 6) is 0.119. The van der Waals surface area contributed by atoms with Crippen LogP contribution in [0.4, 0.5) is 29.2 Å². The molecule has 0 amide bonds. The van der Waals surface area contributed by atoms with Gasteiger partial charge in [0.15, 0.2) is 6.10 Å². The van der Waals surface area contributed by atoms with Gasteiger partial charge in [-0.25, -0.2) is 4.68 Å². The van der Waals surface area contributed by atoms with Crippen molar-refractivity contribution in [2.45, 2.75) is 32.2 Å². The second-order valence-electron chi connectivity index (χ2n) is 6.86. The third-order valence-electron chi connectivity index (χ3n) is 4.40. The van der Waals surface area contributed by atoms with Crippen LogP contribution in [0.1, 0.15) is 18.2 Å². The molecule has 0 aliphatic heterocycles. The SMILES string of the molecule is C[C@@H](Oc1ccc(Nc2nc(=O)c(CCF)nn2Cc2ccc(Cl)cc2)cc1)C(F)(F)F. The first kappa shape index (κ1) is 23.5. The molecule has 0 aliphatic carbocycles. The van der Waals surface area contributed by atoms with E-state index in [1.165, 1.54) is 28.9 Å². The first-order valence-electron chi connectivity index (χ1n) is 9.54. The zero-order chi connectivity index (χ0) is 23.3. The summed E-state index contributed by atoms with van der Waals surface area (Å²) in [4.78, 5) is 16.2. The van der Waals surface area contributed by atoms with Crippen LogP contribution in [0, 0.1) is 0 Å². The van der Waals surface area contributed by atoms with Crippen LogP contribution < -0.4 is 15.6 Å². The van der Waals surface area contributed by atoms with Crippen molar-refractivity contribution in [2.24, 2.45) is 0 Å². The van der Waals surface area contributed by atoms with Crippen LogP contribution >= 0.6 is 11.6 Å². The van der Waals surface area contributed by atoms with Gasteiger partial charge in [0, 0.05) is 17.1 Å². The second-order valence-corrected chi connectivity index (χ2v) is 7.30. The first-order chi connectivity index (χ1) is 15.2. The van der Waals surface area contributed by atoms with Gasteiger partial charge in [-0.15, -0.1) is 0 Å². The van der Waals surface area contributed by atoms with Gasteiger partial charge in [-0.2, -0.15) is 23.3 Å². The van der Waals surface area contributed by atoms with Crippen molar-refractivity contribution in [3.8, 4) is 5.75 Å². The predicted molar refractivity (Wildman–Crippen MR) is 112 cm³/mol. The second kappa shape index (κ2) is 9.99. The van der Waals surface area contributed by atoms with Crippen LogP contribution in [0.3, 0.4) is 0 Å².